The van der Waals surface area contributed by atoms with E-state index in [9.17, 15) is 22.4 Å². The summed E-state index contributed by atoms with van der Waals surface area (Å²) in [6, 6.07) is 13.4. The molecule has 2 aliphatic rings. The zero-order chi connectivity index (χ0) is 35.0. The monoisotopic (exact) mass is 721 g/mol. The zero-order valence-corrected chi connectivity index (χ0v) is 27.0. The summed E-state index contributed by atoms with van der Waals surface area (Å²) in [5, 5.41) is 14.2. The Labute approximate surface area is 286 Å². The zero-order valence-electron chi connectivity index (χ0n) is 25.4. The number of alkyl halides is 3. The van der Waals surface area contributed by atoms with Crippen molar-refractivity contribution in [3.8, 4) is 17.6 Å². The number of nitrogens with zero attached hydrogens (tertiary/aromatic N) is 3. The van der Waals surface area contributed by atoms with Gasteiger partial charge in [0.15, 0.2) is 5.82 Å². The molecule has 2 saturated heterocycles. The van der Waals surface area contributed by atoms with Gasteiger partial charge in [-0.15, -0.1) is 11.3 Å². The van der Waals surface area contributed by atoms with Gasteiger partial charge >= 0.3 is 18.2 Å². The SMILES string of the molecule is O=C(O)C(F)(F)F.O=C(O[C@@H]1CN[C@H](C#Cc2cc3ncnc(Nc4ccc(OCc5cccc(F)c5)c(Cl)c4)c3s2)C1)N1CCOCC1. The Balaban J connectivity index is 0.000000606. The molecule has 2 atom stereocenters. The molecular weight excluding hydrogens is 694 g/mol. The third-order valence-corrected chi connectivity index (χ3v) is 8.37. The summed E-state index contributed by atoms with van der Waals surface area (Å²) in [6.07, 6.45) is -3.47. The molecule has 0 radical (unpaired) electrons. The molecule has 17 heteroatoms. The summed E-state index contributed by atoms with van der Waals surface area (Å²) in [5.74, 6) is 4.55. The Morgan fingerprint density at radius 1 is 1.16 bits per heavy atom. The van der Waals surface area contributed by atoms with Crippen LogP contribution in [0, 0.1) is 17.7 Å². The van der Waals surface area contributed by atoms with E-state index in [-0.39, 0.29) is 30.7 Å². The normalized spacial score (nSPS) is 17.4. The lowest BCUT2D eigenvalue weighted by Crippen LogP contribution is -2.42. The fourth-order valence-electron chi connectivity index (χ4n) is 4.65. The second-order valence-electron chi connectivity index (χ2n) is 10.6. The topological polar surface area (TPSA) is 135 Å². The van der Waals surface area contributed by atoms with Gasteiger partial charge < -0.3 is 29.5 Å². The van der Waals surface area contributed by atoms with E-state index in [0.717, 1.165) is 20.8 Å². The van der Waals surface area contributed by atoms with Crippen molar-refractivity contribution in [2.75, 3.05) is 38.2 Å². The molecule has 2 aromatic heterocycles. The summed E-state index contributed by atoms with van der Waals surface area (Å²) >= 11 is 7.96. The van der Waals surface area contributed by atoms with Crippen LogP contribution in [0.1, 0.15) is 16.9 Å². The van der Waals surface area contributed by atoms with Gasteiger partial charge in [-0.2, -0.15) is 13.2 Å². The van der Waals surface area contributed by atoms with Crippen LogP contribution >= 0.6 is 22.9 Å². The highest BCUT2D eigenvalue weighted by molar-refractivity contribution is 7.20. The van der Waals surface area contributed by atoms with E-state index < -0.39 is 12.1 Å². The number of aromatic nitrogens is 2. The van der Waals surface area contributed by atoms with E-state index in [0.29, 0.717) is 61.4 Å². The average Bonchev–Trinajstić information content (AvgIpc) is 3.71. The summed E-state index contributed by atoms with van der Waals surface area (Å²) in [5.41, 5.74) is 2.22. The number of ether oxygens (including phenoxy) is 3. The molecule has 258 valence electrons. The fourth-order valence-corrected chi connectivity index (χ4v) is 5.80. The third-order valence-electron chi connectivity index (χ3n) is 7.03. The van der Waals surface area contributed by atoms with Gasteiger partial charge in [-0.05, 0) is 42.0 Å². The number of hydrogen-bond acceptors (Lipinski definition) is 10. The van der Waals surface area contributed by atoms with Crippen molar-refractivity contribution in [3.63, 3.8) is 0 Å². The number of benzene rings is 2. The van der Waals surface area contributed by atoms with Crippen LogP contribution in [0.2, 0.25) is 5.02 Å². The molecule has 0 bridgehead atoms. The van der Waals surface area contributed by atoms with Crippen LogP contribution in [0.3, 0.4) is 0 Å². The van der Waals surface area contributed by atoms with Crippen molar-refractivity contribution in [3.05, 3.63) is 76.1 Å². The lowest BCUT2D eigenvalue weighted by molar-refractivity contribution is -0.192. The smallest absolute Gasteiger partial charge is 0.487 e. The van der Waals surface area contributed by atoms with Crippen molar-refractivity contribution >= 4 is 56.7 Å². The molecule has 2 aromatic carbocycles. The number of rotatable bonds is 6. The number of anilines is 2. The predicted octanol–water partition coefficient (Wildman–Crippen LogP) is 5.99. The van der Waals surface area contributed by atoms with E-state index >= 15 is 0 Å². The van der Waals surface area contributed by atoms with Crippen LogP contribution in [-0.2, 0) is 20.9 Å². The number of fused-ring (bicyclic) bond motifs is 1. The molecule has 0 aliphatic carbocycles. The first-order valence-electron chi connectivity index (χ1n) is 14.7. The van der Waals surface area contributed by atoms with E-state index in [1.54, 1.807) is 29.2 Å². The van der Waals surface area contributed by atoms with E-state index in [1.807, 2.05) is 12.1 Å². The van der Waals surface area contributed by atoms with Crippen LogP contribution in [0.4, 0.5) is 33.9 Å². The van der Waals surface area contributed by atoms with Crippen LogP contribution in [-0.4, -0.2) is 83.2 Å². The van der Waals surface area contributed by atoms with Crippen LogP contribution in [0.5, 0.6) is 5.75 Å². The minimum absolute atomic E-state index is 0.0785. The first-order chi connectivity index (χ1) is 23.4. The molecule has 4 heterocycles. The molecule has 6 rings (SSSR count). The maximum atomic E-state index is 13.4. The number of carbonyl (C=O) groups is 2. The number of halogens is 5. The molecule has 49 heavy (non-hydrogen) atoms. The molecule has 1 amide bonds. The summed E-state index contributed by atoms with van der Waals surface area (Å²) in [4.78, 5) is 32.6. The molecule has 3 N–H and O–H groups in total. The van der Waals surface area contributed by atoms with Gasteiger partial charge in [0.1, 0.15) is 30.6 Å². The first-order valence-corrected chi connectivity index (χ1v) is 15.9. The molecule has 4 aromatic rings. The Hall–Kier alpha value is -4.69. The Bertz CT molecular complexity index is 1860. The van der Waals surface area contributed by atoms with Crippen LogP contribution in [0.25, 0.3) is 10.2 Å². The van der Waals surface area contributed by atoms with E-state index in [1.165, 1.54) is 29.8 Å². The highest BCUT2D eigenvalue weighted by Crippen LogP contribution is 2.33. The number of carbonyl (C=O) groups excluding carboxylic acids is 1. The number of carboxylic acids is 1. The van der Waals surface area contributed by atoms with E-state index in [2.05, 4.69) is 32.4 Å². The summed E-state index contributed by atoms with van der Waals surface area (Å²) < 4.78 is 62.8. The van der Waals surface area contributed by atoms with Gasteiger partial charge in [-0.25, -0.2) is 23.9 Å². The van der Waals surface area contributed by atoms with Crippen LogP contribution in [0.15, 0.2) is 54.9 Å². The Morgan fingerprint density at radius 3 is 2.65 bits per heavy atom. The molecule has 0 saturated carbocycles. The largest absolute Gasteiger partial charge is 0.490 e. The number of carboxylic acid groups (broad SMARTS) is 1. The quantitative estimate of drug-likeness (QED) is 0.161. The van der Waals surface area contributed by atoms with Gasteiger partial charge in [0.25, 0.3) is 0 Å². The third kappa shape index (κ3) is 10.2. The Kier molecular flexibility index (Phi) is 11.7. The Morgan fingerprint density at radius 2 is 1.94 bits per heavy atom. The van der Waals surface area contributed by atoms with Crippen molar-refractivity contribution in [2.45, 2.75) is 31.3 Å². The second kappa shape index (κ2) is 16.1. The maximum absolute atomic E-state index is 13.4. The minimum atomic E-state index is -5.08. The predicted molar refractivity (Wildman–Crippen MR) is 173 cm³/mol. The van der Waals surface area contributed by atoms with Crippen molar-refractivity contribution in [1.82, 2.24) is 20.2 Å². The van der Waals surface area contributed by atoms with Crippen molar-refractivity contribution in [1.29, 1.82) is 0 Å². The number of thiophene rings is 1. The fraction of sp³-hybridized carbons (Fsp3) is 0.312. The number of amides is 1. The van der Waals surface area contributed by atoms with E-state index in [4.69, 9.17) is 35.7 Å². The highest BCUT2D eigenvalue weighted by Gasteiger charge is 2.38. The second-order valence-corrected chi connectivity index (χ2v) is 12.1. The molecule has 11 nitrogen and oxygen atoms in total. The molecule has 2 aliphatic heterocycles. The van der Waals surface area contributed by atoms with Gasteiger partial charge in [-0.1, -0.05) is 35.6 Å². The van der Waals surface area contributed by atoms with Crippen molar-refractivity contribution in [2.24, 2.45) is 0 Å². The van der Waals surface area contributed by atoms with Gasteiger partial charge in [-0.3, -0.25) is 5.32 Å². The molecule has 0 spiro atoms. The first kappa shape index (κ1) is 35.6. The maximum Gasteiger partial charge on any atom is 0.490 e. The van der Waals surface area contributed by atoms with Crippen molar-refractivity contribution < 1.29 is 46.5 Å². The number of nitrogens with one attached hydrogen (secondary N) is 2. The van der Waals surface area contributed by atoms with Gasteiger partial charge in [0.2, 0.25) is 0 Å². The minimum Gasteiger partial charge on any atom is -0.487 e. The lowest BCUT2D eigenvalue weighted by atomic mass is 10.2. The van der Waals surface area contributed by atoms with Gasteiger partial charge in [0.05, 0.1) is 39.4 Å². The summed E-state index contributed by atoms with van der Waals surface area (Å²) in [6.45, 7) is 2.96. The lowest BCUT2D eigenvalue weighted by Gasteiger charge is -2.27. The number of aliphatic carboxylic acids is 1. The molecule has 2 fully saturated rings. The molecular formula is C32H28ClF4N5O6S. The van der Waals surface area contributed by atoms with Crippen LogP contribution < -0.4 is 15.4 Å². The van der Waals surface area contributed by atoms with Gasteiger partial charge in [0, 0.05) is 31.7 Å². The summed E-state index contributed by atoms with van der Waals surface area (Å²) in [7, 11) is 0. The number of hydrogen-bond donors (Lipinski definition) is 3. The standard InChI is InChI=1S/C30H27ClFN5O4S.C2HF3O2/c31-25-14-22(5-7-27(25)40-17-19-2-1-3-20(32)12-19)36-29-28-26(34-18-35-29)15-24(42-28)6-4-21-13-23(16-33-21)41-30(38)37-8-10-39-11-9-37;3-2(4,5)1(6)7/h1-3,5,7,12,14-15,18,21,23,33H,8-11,13,16-17H2,(H,34,35,36);(H,6,7)/t21-,23+;/m1./s1. The highest BCUT2D eigenvalue weighted by atomic mass is 35.5. The molecule has 0 unspecified atom stereocenters. The number of morpholine rings is 1. The average molecular weight is 722 g/mol.